The van der Waals surface area contributed by atoms with Crippen LogP contribution in [0.25, 0.3) is 33.5 Å². The highest BCUT2D eigenvalue weighted by molar-refractivity contribution is 6.06. The zero-order chi connectivity index (χ0) is 18.2. The van der Waals surface area contributed by atoms with Crippen LogP contribution in [0.3, 0.4) is 0 Å². The monoisotopic (exact) mass is 351 g/mol. The fraction of sp³-hybridized carbons (Fsp3) is 0.0435. The molecule has 0 fully saturated rings. The van der Waals surface area contributed by atoms with Crippen LogP contribution in [-0.4, -0.2) is 9.97 Å². The largest absolute Gasteiger partial charge is 0.450 e. The van der Waals surface area contributed by atoms with E-state index >= 15 is 0 Å². The Morgan fingerprint density at radius 3 is 2.33 bits per heavy atom. The van der Waals surface area contributed by atoms with Crippen LogP contribution in [0, 0.1) is 6.92 Å². The molecule has 5 rings (SSSR count). The van der Waals surface area contributed by atoms with E-state index < -0.39 is 0 Å². The number of benzene rings is 3. The molecule has 4 nitrogen and oxygen atoms in total. The van der Waals surface area contributed by atoms with Crippen molar-refractivity contribution < 1.29 is 4.42 Å². The molecule has 0 spiro atoms. The van der Waals surface area contributed by atoms with Crippen LogP contribution >= 0.6 is 0 Å². The maximum Gasteiger partial charge on any atom is 0.196 e. The first-order valence-electron chi connectivity index (χ1n) is 8.86. The normalized spacial score (nSPS) is 11.1. The summed E-state index contributed by atoms with van der Waals surface area (Å²) in [6, 6.07) is 26.1. The number of rotatable bonds is 3. The van der Waals surface area contributed by atoms with Crippen molar-refractivity contribution in [3.63, 3.8) is 0 Å². The van der Waals surface area contributed by atoms with E-state index in [1.807, 2.05) is 66.7 Å². The van der Waals surface area contributed by atoms with Crippen molar-refractivity contribution in [1.82, 2.24) is 9.97 Å². The highest BCUT2D eigenvalue weighted by atomic mass is 16.3. The van der Waals surface area contributed by atoms with E-state index in [-0.39, 0.29) is 0 Å². The maximum absolute atomic E-state index is 6.08. The Morgan fingerprint density at radius 1 is 0.778 bits per heavy atom. The molecule has 0 radical (unpaired) electrons. The molecule has 3 aromatic carbocycles. The summed E-state index contributed by atoms with van der Waals surface area (Å²) in [6.45, 7) is 2.07. The van der Waals surface area contributed by atoms with Crippen LogP contribution in [0.4, 0.5) is 11.5 Å². The molecule has 27 heavy (non-hydrogen) atoms. The van der Waals surface area contributed by atoms with E-state index in [1.54, 1.807) is 0 Å². The van der Waals surface area contributed by atoms with Gasteiger partial charge in [-0.15, -0.1) is 0 Å². The van der Waals surface area contributed by atoms with Gasteiger partial charge in [-0.05, 0) is 31.2 Å². The number of aromatic nitrogens is 2. The molecule has 0 aliphatic heterocycles. The van der Waals surface area contributed by atoms with Gasteiger partial charge in [0.2, 0.25) is 0 Å². The predicted molar refractivity (Wildman–Crippen MR) is 109 cm³/mol. The van der Waals surface area contributed by atoms with Gasteiger partial charge in [-0.3, -0.25) is 0 Å². The number of para-hydroxylation sites is 1. The minimum atomic E-state index is 0.663. The molecule has 1 N–H and O–H groups in total. The molecule has 2 aromatic heterocycles. The number of nitrogens with zero attached hydrogens (tertiary/aromatic N) is 2. The lowest BCUT2D eigenvalue weighted by Gasteiger charge is -2.08. The van der Waals surface area contributed by atoms with E-state index in [2.05, 4.69) is 24.4 Å². The lowest BCUT2D eigenvalue weighted by atomic mass is 10.2. The van der Waals surface area contributed by atoms with Crippen LogP contribution in [0.2, 0.25) is 0 Å². The van der Waals surface area contributed by atoms with E-state index in [1.165, 1.54) is 5.56 Å². The molecule has 0 bridgehead atoms. The molecule has 0 unspecified atom stereocenters. The fourth-order valence-electron chi connectivity index (χ4n) is 3.17. The summed E-state index contributed by atoms with van der Waals surface area (Å²) in [7, 11) is 0. The van der Waals surface area contributed by atoms with Crippen LogP contribution in [-0.2, 0) is 0 Å². The van der Waals surface area contributed by atoms with Gasteiger partial charge in [0.15, 0.2) is 17.2 Å². The average molecular weight is 351 g/mol. The van der Waals surface area contributed by atoms with Crippen molar-refractivity contribution in [2.75, 3.05) is 5.32 Å². The van der Waals surface area contributed by atoms with Gasteiger partial charge in [-0.2, -0.15) is 0 Å². The summed E-state index contributed by atoms with van der Waals surface area (Å²) in [5.74, 6) is 1.34. The maximum atomic E-state index is 6.08. The molecule has 0 aliphatic rings. The molecular formula is C23H17N3O. The molecule has 0 saturated heterocycles. The highest BCUT2D eigenvalue weighted by Crippen LogP contribution is 2.34. The van der Waals surface area contributed by atoms with Gasteiger partial charge >= 0.3 is 0 Å². The van der Waals surface area contributed by atoms with Gasteiger partial charge in [-0.25, -0.2) is 9.97 Å². The third-order valence-electron chi connectivity index (χ3n) is 4.57. The minimum Gasteiger partial charge on any atom is -0.450 e. The number of fused-ring (bicyclic) bond motifs is 3. The van der Waals surface area contributed by atoms with Gasteiger partial charge in [0.1, 0.15) is 11.1 Å². The van der Waals surface area contributed by atoms with Crippen molar-refractivity contribution >= 4 is 33.6 Å². The molecule has 130 valence electrons. The minimum absolute atomic E-state index is 0.663. The van der Waals surface area contributed by atoms with E-state index in [9.17, 15) is 0 Å². The predicted octanol–water partition coefficient (Wildman–Crippen LogP) is 6.10. The SMILES string of the molecule is Cc1ccc(Nc2nc(-c3ccccc3)nc3c2oc2ccccc23)cc1. The van der Waals surface area contributed by atoms with E-state index in [4.69, 9.17) is 14.4 Å². The Labute approximate surface area is 156 Å². The quantitative estimate of drug-likeness (QED) is 0.427. The fourth-order valence-corrected chi connectivity index (χ4v) is 3.17. The van der Waals surface area contributed by atoms with Crippen molar-refractivity contribution in [3.05, 3.63) is 84.4 Å². The summed E-state index contributed by atoms with van der Waals surface area (Å²) < 4.78 is 6.08. The number of aryl methyl sites for hydroxylation is 1. The number of furan rings is 1. The van der Waals surface area contributed by atoms with Gasteiger partial charge in [-0.1, -0.05) is 60.2 Å². The summed E-state index contributed by atoms with van der Waals surface area (Å²) in [4.78, 5) is 9.57. The molecule has 0 aliphatic carbocycles. The first-order chi connectivity index (χ1) is 13.3. The average Bonchev–Trinajstić information content (AvgIpc) is 3.09. The Kier molecular flexibility index (Phi) is 3.61. The molecule has 0 amide bonds. The summed E-state index contributed by atoms with van der Waals surface area (Å²) >= 11 is 0. The zero-order valence-electron chi connectivity index (χ0n) is 14.8. The first-order valence-corrected chi connectivity index (χ1v) is 8.86. The zero-order valence-corrected chi connectivity index (χ0v) is 14.8. The molecule has 4 heteroatoms. The second kappa shape index (κ2) is 6.25. The lowest BCUT2D eigenvalue weighted by molar-refractivity contribution is 0.667. The molecule has 0 saturated carbocycles. The Morgan fingerprint density at radius 2 is 1.52 bits per heavy atom. The second-order valence-corrected chi connectivity index (χ2v) is 6.53. The number of anilines is 2. The lowest BCUT2D eigenvalue weighted by Crippen LogP contribution is -1.98. The van der Waals surface area contributed by atoms with Crippen molar-refractivity contribution in [1.29, 1.82) is 0 Å². The molecule has 0 atom stereocenters. The highest BCUT2D eigenvalue weighted by Gasteiger charge is 2.16. The third-order valence-corrected chi connectivity index (χ3v) is 4.57. The molecule has 5 aromatic rings. The number of hydrogen-bond acceptors (Lipinski definition) is 4. The summed E-state index contributed by atoms with van der Waals surface area (Å²) in [6.07, 6.45) is 0. The first kappa shape index (κ1) is 15.6. The van der Waals surface area contributed by atoms with Crippen LogP contribution < -0.4 is 5.32 Å². The van der Waals surface area contributed by atoms with Gasteiger partial charge in [0.25, 0.3) is 0 Å². The smallest absolute Gasteiger partial charge is 0.196 e. The van der Waals surface area contributed by atoms with Crippen molar-refractivity contribution in [3.8, 4) is 11.4 Å². The number of nitrogens with one attached hydrogen (secondary N) is 1. The van der Waals surface area contributed by atoms with Crippen LogP contribution in [0.15, 0.2) is 83.3 Å². The van der Waals surface area contributed by atoms with Crippen molar-refractivity contribution in [2.24, 2.45) is 0 Å². The van der Waals surface area contributed by atoms with E-state index in [0.29, 0.717) is 17.2 Å². The van der Waals surface area contributed by atoms with Crippen LogP contribution in [0.1, 0.15) is 5.56 Å². The molecule has 2 heterocycles. The second-order valence-electron chi connectivity index (χ2n) is 6.53. The standard InChI is InChI=1S/C23H17N3O/c1-15-11-13-17(14-12-15)24-23-21-20(18-9-5-6-10-19(18)27-21)25-22(26-23)16-7-3-2-4-8-16/h2-14H,1H3,(H,24,25,26). The third kappa shape index (κ3) is 2.81. The van der Waals surface area contributed by atoms with Crippen LogP contribution in [0.5, 0.6) is 0 Å². The number of hydrogen-bond donors (Lipinski definition) is 1. The summed E-state index contributed by atoms with van der Waals surface area (Å²) in [5, 5.41) is 4.39. The van der Waals surface area contributed by atoms with E-state index in [0.717, 1.165) is 27.7 Å². The Balaban J connectivity index is 1.75. The van der Waals surface area contributed by atoms with Gasteiger partial charge in [0.05, 0.1) is 0 Å². The Hall–Kier alpha value is -3.66. The Bertz CT molecular complexity index is 1240. The molecular weight excluding hydrogens is 334 g/mol. The van der Waals surface area contributed by atoms with Crippen molar-refractivity contribution in [2.45, 2.75) is 6.92 Å². The topological polar surface area (TPSA) is 51.0 Å². The van der Waals surface area contributed by atoms with Gasteiger partial charge < -0.3 is 9.73 Å². The van der Waals surface area contributed by atoms with Gasteiger partial charge in [0, 0.05) is 16.6 Å². The summed E-state index contributed by atoms with van der Waals surface area (Å²) in [5.41, 5.74) is 5.42.